The lowest BCUT2D eigenvalue weighted by Crippen LogP contribution is -2.16. The number of hydrogen-bond acceptors (Lipinski definition) is 2. The minimum atomic E-state index is 0.391. The van der Waals surface area contributed by atoms with Gasteiger partial charge in [-0.3, -0.25) is 0 Å². The number of benzene rings is 1. The molecule has 1 unspecified atom stereocenters. The highest BCUT2D eigenvalue weighted by molar-refractivity contribution is 7.16. The van der Waals surface area contributed by atoms with Crippen LogP contribution in [-0.2, 0) is 6.42 Å². The summed E-state index contributed by atoms with van der Waals surface area (Å²) in [5.74, 6) is 0. The predicted octanol–water partition coefficient (Wildman–Crippen LogP) is 4.60. The van der Waals surface area contributed by atoms with Gasteiger partial charge in [-0.1, -0.05) is 35.9 Å². The van der Waals surface area contributed by atoms with Gasteiger partial charge in [0, 0.05) is 10.9 Å². The Bertz CT molecular complexity index is 507. The molecular weight excluding hydrogens is 262 g/mol. The molecule has 1 heterocycles. The fourth-order valence-electron chi connectivity index (χ4n) is 2.13. The lowest BCUT2D eigenvalue weighted by molar-refractivity contribution is 0.557. The Hall–Kier alpha value is -0.830. The highest BCUT2D eigenvalue weighted by Gasteiger charge is 2.12. The van der Waals surface area contributed by atoms with Crippen molar-refractivity contribution in [3.63, 3.8) is 0 Å². The predicted molar refractivity (Wildman–Crippen MR) is 80.6 cm³/mol. The Morgan fingerprint density at radius 3 is 2.61 bits per heavy atom. The first-order valence-corrected chi connectivity index (χ1v) is 7.37. The van der Waals surface area contributed by atoms with E-state index in [0.29, 0.717) is 6.04 Å². The van der Waals surface area contributed by atoms with E-state index >= 15 is 0 Å². The molecule has 0 bridgehead atoms. The normalized spacial score (nSPS) is 12.6. The summed E-state index contributed by atoms with van der Waals surface area (Å²) in [6.07, 6.45) is 2.19. The maximum atomic E-state index is 5.99. The number of aryl methyl sites for hydroxylation is 2. The van der Waals surface area contributed by atoms with E-state index in [1.807, 2.05) is 13.1 Å². The van der Waals surface area contributed by atoms with Crippen molar-refractivity contribution in [1.82, 2.24) is 5.32 Å². The molecule has 1 aromatic heterocycles. The van der Waals surface area contributed by atoms with Crippen molar-refractivity contribution in [2.75, 3.05) is 7.05 Å². The number of halogens is 1. The Kier molecular flexibility index (Phi) is 4.81. The minimum Gasteiger partial charge on any atom is -0.312 e. The van der Waals surface area contributed by atoms with Gasteiger partial charge in [0.2, 0.25) is 0 Å². The molecule has 0 fully saturated rings. The smallest absolute Gasteiger partial charge is 0.0931 e. The van der Waals surface area contributed by atoms with Gasteiger partial charge in [0.15, 0.2) is 0 Å². The molecule has 0 radical (unpaired) electrons. The summed E-state index contributed by atoms with van der Waals surface area (Å²) < 4.78 is 0.862. The van der Waals surface area contributed by atoms with Crippen LogP contribution in [0.15, 0.2) is 36.4 Å². The monoisotopic (exact) mass is 279 g/mol. The van der Waals surface area contributed by atoms with Crippen LogP contribution in [0.3, 0.4) is 0 Å². The third kappa shape index (κ3) is 3.35. The second-order valence-corrected chi connectivity index (χ2v) is 6.19. The third-order valence-corrected chi connectivity index (χ3v) is 4.59. The van der Waals surface area contributed by atoms with Crippen LogP contribution in [-0.4, -0.2) is 7.05 Å². The van der Waals surface area contributed by atoms with Gasteiger partial charge >= 0.3 is 0 Å². The number of nitrogens with one attached hydrogen (secondary N) is 1. The van der Waals surface area contributed by atoms with Gasteiger partial charge in [-0.25, -0.2) is 0 Å². The van der Waals surface area contributed by atoms with Crippen molar-refractivity contribution in [1.29, 1.82) is 0 Å². The van der Waals surface area contributed by atoms with Crippen LogP contribution in [0.4, 0.5) is 0 Å². The molecule has 0 amide bonds. The van der Waals surface area contributed by atoms with Crippen molar-refractivity contribution in [3.05, 3.63) is 56.7 Å². The zero-order chi connectivity index (χ0) is 13.0. The van der Waals surface area contributed by atoms with Crippen LogP contribution < -0.4 is 5.32 Å². The molecule has 2 aromatic rings. The van der Waals surface area contributed by atoms with Crippen molar-refractivity contribution < 1.29 is 0 Å². The molecule has 0 saturated carbocycles. The molecule has 0 aliphatic carbocycles. The summed E-state index contributed by atoms with van der Waals surface area (Å²) in [5.41, 5.74) is 2.80. The topological polar surface area (TPSA) is 12.0 Å². The van der Waals surface area contributed by atoms with Crippen LogP contribution >= 0.6 is 22.9 Å². The second-order valence-electron chi connectivity index (χ2n) is 4.45. The average molecular weight is 280 g/mol. The SMILES string of the molecule is CNC(CCc1ccccc1C)c1ccc(Cl)s1. The van der Waals surface area contributed by atoms with Crippen molar-refractivity contribution in [2.24, 2.45) is 0 Å². The molecule has 2 rings (SSSR count). The first-order valence-electron chi connectivity index (χ1n) is 6.17. The lowest BCUT2D eigenvalue weighted by Gasteiger charge is -2.15. The van der Waals surface area contributed by atoms with Crippen LogP contribution in [0.1, 0.15) is 28.5 Å². The summed E-state index contributed by atoms with van der Waals surface area (Å²) in [6, 6.07) is 13.1. The summed E-state index contributed by atoms with van der Waals surface area (Å²) in [6.45, 7) is 2.17. The number of rotatable bonds is 5. The molecule has 1 nitrogen and oxygen atoms in total. The second kappa shape index (κ2) is 6.37. The van der Waals surface area contributed by atoms with Gasteiger partial charge < -0.3 is 5.32 Å². The summed E-state index contributed by atoms with van der Waals surface area (Å²) in [7, 11) is 2.01. The summed E-state index contributed by atoms with van der Waals surface area (Å²) in [5, 5.41) is 3.37. The Labute approximate surface area is 118 Å². The van der Waals surface area contributed by atoms with E-state index in [1.165, 1.54) is 16.0 Å². The fourth-order valence-corrected chi connectivity index (χ4v) is 3.34. The molecule has 0 saturated heterocycles. The Morgan fingerprint density at radius 1 is 1.22 bits per heavy atom. The largest absolute Gasteiger partial charge is 0.312 e. The molecule has 1 atom stereocenters. The molecule has 0 spiro atoms. The standard InChI is InChI=1S/C15H18ClNS/c1-11-5-3-4-6-12(11)7-8-13(17-2)14-9-10-15(16)18-14/h3-6,9-10,13,17H,7-8H2,1-2H3. The summed E-state index contributed by atoms with van der Waals surface area (Å²) >= 11 is 7.66. The third-order valence-electron chi connectivity index (χ3n) is 3.25. The van der Waals surface area contributed by atoms with Crippen LogP contribution in [0.5, 0.6) is 0 Å². The van der Waals surface area contributed by atoms with Crippen molar-refractivity contribution in [3.8, 4) is 0 Å². The molecule has 18 heavy (non-hydrogen) atoms. The number of hydrogen-bond donors (Lipinski definition) is 1. The zero-order valence-electron chi connectivity index (χ0n) is 10.7. The van der Waals surface area contributed by atoms with E-state index in [2.05, 4.69) is 42.6 Å². The molecular formula is C15H18ClNS. The van der Waals surface area contributed by atoms with Gasteiger partial charge in [0.25, 0.3) is 0 Å². The van der Waals surface area contributed by atoms with Crippen LogP contribution in [0.2, 0.25) is 4.34 Å². The van der Waals surface area contributed by atoms with Gasteiger partial charge in [0.05, 0.1) is 4.34 Å². The fraction of sp³-hybridized carbons (Fsp3) is 0.333. The molecule has 1 aromatic carbocycles. The van der Waals surface area contributed by atoms with E-state index in [-0.39, 0.29) is 0 Å². The lowest BCUT2D eigenvalue weighted by atomic mass is 10.0. The zero-order valence-corrected chi connectivity index (χ0v) is 12.3. The Morgan fingerprint density at radius 2 is 2.00 bits per heavy atom. The highest BCUT2D eigenvalue weighted by atomic mass is 35.5. The van der Waals surface area contributed by atoms with E-state index in [0.717, 1.165) is 17.2 Å². The van der Waals surface area contributed by atoms with E-state index in [4.69, 9.17) is 11.6 Å². The Balaban J connectivity index is 2.02. The summed E-state index contributed by atoms with van der Waals surface area (Å²) in [4.78, 5) is 1.32. The van der Waals surface area contributed by atoms with Gasteiger partial charge in [-0.05, 0) is 50.1 Å². The first-order chi connectivity index (χ1) is 8.70. The molecule has 1 N–H and O–H groups in total. The quantitative estimate of drug-likeness (QED) is 0.843. The van der Waals surface area contributed by atoms with E-state index in [1.54, 1.807) is 11.3 Å². The maximum absolute atomic E-state index is 5.99. The maximum Gasteiger partial charge on any atom is 0.0931 e. The molecule has 0 aliphatic rings. The molecule has 96 valence electrons. The van der Waals surface area contributed by atoms with Crippen LogP contribution in [0, 0.1) is 6.92 Å². The molecule has 3 heteroatoms. The van der Waals surface area contributed by atoms with Crippen LogP contribution in [0.25, 0.3) is 0 Å². The van der Waals surface area contributed by atoms with E-state index in [9.17, 15) is 0 Å². The highest BCUT2D eigenvalue weighted by Crippen LogP contribution is 2.29. The minimum absolute atomic E-state index is 0.391. The van der Waals surface area contributed by atoms with E-state index < -0.39 is 0 Å². The van der Waals surface area contributed by atoms with Crippen molar-refractivity contribution in [2.45, 2.75) is 25.8 Å². The van der Waals surface area contributed by atoms with Gasteiger partial charge in [0.1, 0.15) is 0 Å². The molecule has 0 aliphatic heterocycles. The van der Waals surface area contributed by atoms with Gasteiger partial charge in [-0.15, -0.1) is 11.3 Å². The average Bonchev–Trinajstić information content (AvgIpc) is 2.79. The first kappa shape index (κ1) is 13.6. The number of thiophene rings is 1. The van der Waals surface area contributed by atoms with Crippen molar-refractivity contribution >= 4 is 22.9 Å². The van der Waals surface area contributed by atoms with Gasteiger partial charge in [-0.2, -0.15) is 0 Å².